The number of nitrogens with zero attached hydrogens (tertiary/aromatic N) is 1. The normalized spacial score (nSPS) is 11.7. The number of fused-ring (bicyclic) bond motifs is 6. The summed E-state index contributed by atoms with van der Waals surface area (Å²) in [6.45, 7) is 0. The molecule has 0 bridgehead atoms. The van der Waals surface area contributed by atoms with Crippen LogP contribution in [0.3, 0.4) is 0 Å². The molecule has 2 nitrogen and oxygen atoms in total. The maximum atomic E-state index is 3.51. The molecule has 129 valence electrons. The zero-order chi connectivity index (χ0) is 18.7. The van der Waals surface area contributed by atoms with Crippen molar-refractivity contribution in [1.82, 2.24) is 9.55 Å². The van der Waals surface area contributed by atoms with Crippen molar-refractivity contribution in [2.75, 3.05) is 0 Å². The molecule has 0 atom stereocenters. The van der Waals surface area contributed by atoms with Crippen molar-refractivity contribution in [3.8, 4) is 11.1 Å². The number of nitrogens with one attached hydrogen (secondary N) is 1. The first-order chi connectivity index (χ1) is 13.8. The molecule has 3 heteroatoms. The van der Waals surface area contributed by atoms with Crippen molar-refractivity contribution in [2.24, 2.45) is 0 Å². The summed E-state index contributed by atoms with van der Waals surface area (Å²) in [5.74, 6) is 0. The number of benzene rings is 4. The Hall–Kier alpha value is -3.12. The number of rotatable bonds is 2. The Balaban J connectivity index is 1.63. The van der Waals surface area contributed by atoms with Gasteiger partial charge in [-0.1, -0.05) is 6.07 Å². The molecule has 6 aromatic rings. The van der Waals surface area contributed by atoms with Crippen molar-refractivity contribution in [3.63, 3.8) is 0 Å². The van der Waals surface area contributed by atoms with E-state index < -0.39 is 0 Å². The Kier molecular flexibility index (Phi) is 3.37. The van der Waals surface area contributed by atoms with Crippen LogP contribution in [-0.4, -0.2) is 30.4 Å². The monoisotopic (exact) mass is 371 g/mol. The molecular weight excluding hydrogens is 355 g/mol. The van der Waals surface area contributed by atoms with Crippen LogP contribution in [0.5, 0.6) is 0 Å². The number of hydrogen-bond donors (Lipinski definition) is 1. The molecule has 2 aromatic heterocycles. The molecule has 6 rings (SSSR count). The van der Waals surface area contributed by atoms with E-state index in [4.69, 9.17) is 0 Å². The van der Waals surface area contributed by atoms with Gasteiger partial charge in [0.15, 0.2) is 0 Å². The average molecular weight is 371 g/mol. The first-order valence-electron chi connectivity index (χ1n) is 9.42. The minimum atomic E-state index is 1.18. The Morgan fingerprint density at radius 1 is 0.607 bits per heavy atom. The fourth-order valence-electron chi connectivity index (χ4n) is 4.37. The number of H-pyrrole nitrogens is 1. The first-order valence-corrected chi connectivity index (χ1v) is 10.1. The van der Waals surface area contributed by atoms with Crippen LogP contribution < -0.4 is 0 Å². The molecule has 4 aromatic carbocycles. The van der Waals surface area contributed by atoms with Crippen LogP contribution in [0.2, 0.25) is 0 Å². The van der Waals surface area contributed by atoms with Crippen LogP contribution in [0.4, 0.5) is 0 Å². The Morgan fingerprint density at radius 2 is 1.25 bits per heavy atom. The summed E-state index contributed by atoms with van der Waals surface area (Å²) in [5.41, 5.74) is 7.31. The summed E-state index contributed by atoms with van der Waals surface area (Å²) < 4.78 is 2.24. The Labute approximate surface area is 170 Å². The first kappa shape index (κ1) is 15.9. The van der Waals surface area contributed by atoms with Crippen molar-refractivity contribution in [1.29, 1.82) is 0 Å². The van der Waals surface area contributed by atoms with Gasteiger partial charge >= 0.3 is 164 Å². The van der Waals surface area contributed by atoms with Gasteiger partial charge in [-0.15, -0.1) is 0 Å². The summed E-state index contributed by atoms with van der Waals surface area (Å²) in [4.78, 5) is 3.51. The molecule has 1 radical (unpaired) electrons. The van der Waals surface area contributed by atoms with Crippen LogP contribution in [0.1, 0.15) is 0 Å². The van der Waals surface area contributed by atoms with Gasteiger partial charge in [-0.05, 0) is 0 Å². The fourth-order valence-corrected chi connectivity index (χ4v) is 4.69. The zero-order valence-corrected chi connectivity index (χ0v) is 16.3. The summed E-state index contributed by atoms with van der Waals surface area (Å²) in [7, 11) is 0. The second kappa shape index (κ2) is 5.94. The van der Waals surface area contributed by atoms with Crippen molar-refractivity contribution >= 4 is 64.5 Å². The zero-order valence-electron chi connectivity index (χ0n) is 15.2. The van der Waals surface area contributed by atoms with Gasteiger partial charge in [0.2, 0.25) is 0 Å². The van der Waals surface area contributed by atoms with E-state index in [1.54, 1.807) is 0 Å². The molecule has 0 fully saturated rings. The molecule has 0 saturated carbocycles. The molecule has 2 heterocycles. The Morgan fingerprint density at radius 3 is 2.11 bits per heavy atom. The van der Waals surface area contributed by atoms with Crippen molar-refractivity contribution in [3.05, 3.63) is 84.9 Å². The molecular formula is C25H16AlN2. The predicted octanol–water partition coefficient (Wildman–Crippen LogP) is 5.87. The molecule has 0 amide bonds. The molecule has 0 unspecified atom stereocenters. The van der Waals surface area contributed by atoms with Crippen LogP contribution in [0, 0.1) is 0 Å². The standard InChI is InChI=1S/C25H16N2.Al/c1-27-24-9-5-3-7-19(24)21-15-17(11-13-25(21)27)16-10-12-23-20(14-16)18-6-2-4-8-22(18)26-23;/h1-15,26H;. The second-order valence-corrected chi connectivity index (χ2v) is 7.50. The average Bonchev–Trinajstić information content (AvgIpc) is 3.28. The number of hydrogen-bond acceptors (Lipinski definition) is 0. The van der Waals surface area contributed by atoms with Gasteiger partial charge in [0.05, 0.1) is 0 Å². The van der Waals surface area contributed by atoms with Gasteiger partial charge in [0, 0.05) is 0 Å². The van der Waals surface area contributed by atoms with Crippen LogP contribution >= 0.6 is 0 Å². The molecule has 0 saturated heterocycles. The molecule has 0 spiro atoms. The molecule has 1 N–H and O–H groups in total. The van der Waals surface area contributed by atoms with E-state index in [1.165, 1.54) is 54.7 Å². The molecule has 0 aliphatic rings. The summed E-state index contributed by atoms with van der Waals surface area (Å²) >= 11 is 2.73. The summed E-state index contributed by atoms with van der Waals surface area (Å²) in [6, 6.07) is 30.5. The van der Waals surface area contributed by atoms with Gasteiger partial charge in [0.1, 0.15) is 0 Å². The fraction of sp³-hybridized carbons (Fsp3) is 0. The molecule has 0 aliphatic carbocycles. The number of aromatic nitrogens is 2. The van der Waals surface area contributed by atoms with Crippen LogP contribution in [0.15, 0.2) is 84.9 Å². The van der Waals surface area contributed by atoms with Gasteiger partial charge < -0.3 is 0 Å². The number of aromatic amines is 1. The van der Waals surface area contributed by atoms with Gasteiger partial charge in [-0.25, -0.2) is 0 Å². The summed E-state index contributed by atoms with van der Waals surface area (Å²) in [6.07, 6.45) is 0. The predicted molar refractivity (Wildman–Crippen MR) is 121 cm³/mol. The van der Waals surface area contributed by atoms with E-state index in [0.717, 1.165) is 0 Å². The quantitative estimate of drug-likeness (QED) is 0.367. The van der Waals surface area contributed by atoms with E-state index in [9.17, 15) is 0 Å². The van der Waals surface area contributed by atoms with Crippen molar-refractivity contribution in [2.45, 2.75) is 0 Å². The van der Waals surface area contributed by atoms with Gasteiger partial charge in [-0.3, -0.25) is 0 Å². The SMILES string of the molecule is [Al]=[CH]n1c2ccccc2c2cc(-c3ccc4[nH]c5ccccc5c4c3)ccc21. The summed E-state index contributed by atoms with van der Waals surface area (Å²) in [5, 5.41) is 7.17. The van der Waals surface area contributed by atoms with E-state index >= 15 is 0 Å². The van der Waals surface area contributed by atoms with Crippen molar-refractivity contribution < 1.29 is 0 Å². The van der Waals surface area contributed by atoms with E-state index in [-0.39, 0.29) is 0 Å². The van der Waals surface area contributed by atoms with E-state index in [1.807, 2.05) is 0 Å². The van der Waals surface area contributed by atoms with E-state index in [2.05, 4.69) is 115 Å². The molecule has 28 heavy (non-hydrogen) atoms. The van der Waals surface area contributed by atoms with Crippen LogP contribution in [0.25, 0.3) is 54.7 Å². The second-order valence-electron chi connectivity index (χ2n) is 7.20. The van der Waals surface area contributed by atoms with E-state index in [0.29, 0.717) is 0 Å². The third-order valence-electron chi connectivity index (χ3n) is 5.70. The maximum absolute atomic E-state index is 3.51. The minimum absolute atomic E-state index is 1.18. The van der Waals surface area contributed by atoms with Crippen LogP contribution in [-0.2, 0) is 0 Å². The Bertz CT molecular complexity index is 1530. The molecule has 0 aliphatic heterocycles. The third-order valence-corrected chi connectivity index (χ3v) is 6.00. The van der Waals surface area contributed by atoms with Gasteiger partial charge in [0.25, 0.3) is 0 Å². The number of para-hydroxylation sites is 2. The van der Waals surface area contributed by atoms with Gasteiger partial charge in [-0.2, -0.15) is 0 Å². The topological polar surface area (TPSA) is 20.7 Å². The third kappa shape index (κ3) is 2.18.